The third-order valence-corrected chi connectivity index (χ3v) is 2.41. The molecule has 64 valence electrons. The van der Waals surface area contributed by atoms with Crippen LogP contribution in [0, 0.1) is 0 Å². The lowest BCUT2D eigenvalue weighted by molar-refractivity contribution is 0.443. The molecule has 1 aliphatic rings. The fraction of sp³-hybridized carbons (Fsp3) is 0.556. The summed E-state index contributed by atoms with van der Waals surface area (Å²) in [6.45, 7) is 0. The van der Waals surface area contributed by atoms with E-state index in [1.165, 1.54) is 12.8 Å². The summed E-state index contributed by atoms with van der Waals surface area (Å²) in [5, 5.41) is 4.06. The maximum absolute atomic E-state index is 11.3. The Morgan fingerprint density at radius 2 is 2.17 bits per heavy atom. The summed E-state index contributed by atoms with van der Waals surface area (Å²) in [7, 11) is 0. The first-order valence-electron chi connectivity index (χ1n) is 4.42. The van der Waals surface area contributed by atoms with Crippen molar-refractivity contribution in [2.24, 2.45) is 0 Å². The van der Waals surface area contributed by atoms with Gasteiger partial charge in [-0.1, -0.05) is 12.8 Å². The van der Waals surface area contributed by atoms with Gasteiger partial charge in [-0.3, -0.25) is 4.79 Å². The molecule has 0 aliphatic heterocycles. The van der Waals surface area contributed by atoms with Crippen LogP contribution < -0.4 is 5.56 Å². The van der Waals surface area contributed by atoms with Gasteiger partial charge in [0.1, 0.15) is 0 Å². The molecule has 0 amide bonds. The van der Waals surface area contributed by atoms with Crippen LogP contribution in [0.3, 0.4) is 0 Å². The smallest absolute Gasteiger partial charge is 0.266 e. The van der Waals surface area contributed by atoms with E-state index in [2.05, 4.69) is 5.10 Å². The molecular formula is C9H12N2O. The van der Waals surface area contributed by atoms with Gasteiger partial charge in [0, 0.05) is 12.3 Å². The topological polar surface area (TPSA) is 34.9 Å². The number of nitrogens with zero attached hydrogens (tertiary/aromatic N) is 2. The summed E-state index contributed by atoms with van der Waals surface area (Å²) in [6, 6.07) is 3.62. The van der Waals surface area contributed by atoms with E-state index in [0.29, 0.717) is 6.04 Å². The van der Waals surface area contributed by atoms with Gasteiger partial charge in [0.05, 0.1) is 6.04 Å². The van der Waals surface area contributed by atoms with Crippen LogP contribution in [0.4, 0.5) is 0 Å². The minimum absolute atomic E-state index is 0.0319. The Morgan fingerprint density at radius 1 is 1.42 bits per heavy atom. The van der Waals surface area contributed by atoms with Crippen molar-refractivity contribution in [3.05, 3.63) is 28.7 Å². The minimum atomic E-state index is 0.0319. The van der Waals surface area contributed by atoms with E-state index in [4.69, 9.17) is 0 Å². The van der Waals surface area contributed by atoms with E-state index in [-0.39, 0.29) is 5.56 Å². The summed E-state index contributed by atoms with van der Waals surface area (Å²) in [5.74, 6) is 0. The Labute approximate surface area is 71.0 Å². The molecule has 0 saturated heterocycles. The third kappa shape index (κ3) is 1.26. The molecule has 0 atom stereocenters. The van der Waals surface area contributed by atoms with E-state index in [1.54, 1.807) is 23.0 Å². The molecule has 0 bridgehead atoms. The molecule has 1 heterocycles. The molecule has 0 spiro atoms. The second-order valence-electron chi connectivity index (χ2n) is 3.24. The average Bonchev–Trinajstić information content (AvgIpc) is 2.57. The Bertz CT molecular complexity index is 312. The first-order chi connectivity index (χ1) is 5.88. The molecule has 0 radical (unpaired) electrons. The predicted molar refractivity (Wildman–Crippen MR) is 46.0 cm³/mol. The van der Waals surface area contributed by atoms with E-state index >= 15 is 0 Å². The Balaban J connectivity index is 2.32. The first-order valence-corrected chi connectivity index (χ1v) is 4.42. The van der Waals surface area contributed by atoms with Gasteiger partial charge in [-0.25, -0.2) is 4.68 Å². The maximum atomic E-state index is 11.3. The molecule has 1 aromatic rings. The van der Waals surface area contributed by atoms with Gasteiger partial charge in [0.25, 0.3) is 5.56 Å². The highest BCUT2D eigenvalue weighted by Gasteiger charge is 2.17. The van der Waals surface area contributed by atoms with Gasteiger partial charge in [-0.05, 0) is 18.9 Å². The van der Waals surface area contributed by atoms with Crippen LogP contribution in [0.25, 0.3) is 0 Å². The molecule has 1 saturated carbocycles. The Kier molecular flexibility index (Phi) is 1.94. The van der Waals surface area contributed by atoms with Crippen LogP contribution in [0.2, 0.25) is 0 Å². The zero-order valence-electron chi connectivity index (χ0n) is 6.94. The van der Waals surface area contributed by atoms with Crippen LogP contribution >= 0.6 is 0 Å². The second kappa shape index (κ2) is 3.09. The second-order valence-corrected chi connectivity index (χ2v) is 3.24. The number of aromatic nitrogens is 2. The van der Waals surface area contributed by atoms with Crippen LogP contribution in [0.5, 0.6) is 0 Å². The molecular weight excluding hydrogens is 152 g/mol. The highest BCUT2D eigenvalue weighted by molar-refractivity contribution is 4.87. The first kappa shape index (κ1) is 7.53. The normalized spacial score (nSPS) is 18.3. The van der Waals surface area contributed by atoms with Crippen molar-refractivity contribution in [1.82, 2.24) is 9.78 Å². The lowest BCUT2D eigenvalue weighted by Gasteiger charge is -2.09. The SMILES string of the molecule is O=c1cccnn1C1CCCC1. The summed E-state index contributed by atoms with van der Waals surface area (Å²) >= 11 is 0. The van der Waals surface area contributed by atoms with Gasteiger partial charge in [0.2, 0.25) is 0 Å². The van der Waals surface area contributed by atoms with Gasteiger partial charge >= 0.3 is 0 Å². The molecule has 1 fully saturated rings. The van der Waals surface area contributed by atoms with Crippen molar-refractivity contribution in [3.63, 3.8) is 0 Å². The van der Waals surface area contributed by atoms with Crippen molar-refractivity contribution in [1.29, 1.82) is 0 Å². The fourth-order valence-electron chi connectivity index (χ4n) is 1.79. The van der Waals surface area contributed by atoms with E-state index in [9.17, 15) is 4.79 Å². The van der Waals surface area contributed by atoms with E-state index in [0.717, 1.165) is 12.8 Å². The molecule has 0 unspecified atom stereocenters. The van der Waals surface area contributed by atoms with Crippen LogP contribution in [-0.2, 0) is 0 Å². The van der Waals surface area contributed by atoms with Crippen molar-refractivity contribution in [2.75, 3.05) is 0 Å². The molecule has 2 rings (SSSR count). The van der Waals surface area contributed by atoms with E-state index < -0.39 is 0 Å². The fourth-order valence-corrected chi connectivity index (χ4v) is 1.79. The highest BCUT2D eigenvalue weighted by atomic mass is 16.1. The van der Waals surface area contributed by atoms with Gasteiger partial charge in [-0.2, -0.15) is 5.10 Å². The van der Waals surface area contributed by atoms with Crippen molar-refractivity contribution in [2.45, 2.75) is 31.7 Å². The summed E-state index contributed by atoms with van der Waals surface area (Å²) in [4.78, 5) is 11.3. The molecule has 12 heavy (non-hydrogen) atoms. The number of hydrogen-bond donors (Lipinski definition) is 0. The molecule has 0 N–H and O–H groups in total. The van der Waals surface area contributed by atoms with Gasteiger partial charge < -0.3 is 0 Å². The Morgan fingerprint density at radius 3 is 2.83 bits per heavy atom. The number of hydrogen-bond acceptors (Lipinski definition) is 2. The number of rotatable bonds is 1. The minimum Gasteiger partial charge on any atom is -0.268 e. The summed E-state index contributed by atoms with van der Waals surface area (Å²) in [5.41, 5.74) is 0.0319. The Hall–Kier alpha value is -1.12. The van der Waals surface area contributed by atoms with Crippen molar-refractivity contribution >= 4 is 0 Å². The quantitative estimate of drug-likeness (QED) is 0.628. The lowest BCUT2D eigenvalue weighted by Crippen LogP contribution is -2.24. The monoisotopic (exact) mass is 164 g/mol. The highest BCUT2D eigenvalue weighted by Crippen LogP contribution is 2.26. The van der Waals surface area contributed by atoms with Gasteiger partial charge in [-0.15, -0.1) is 0 Å². The standard InChI is InChI=1S/C9H12N2O/c12-9-6-3-7-10-11(9)8-4-1-2-5-8/h3,6-8H,1-2,4-5H2. The summed E-state index contributed by atoms with van der Waals surface area (Å²) in [6.07, 6.45) is 6.36. The summed E-state index contributed by atoms with van der Waals surface area (Å²) < 4.78 is 1.62. The van der Waals surface area contributed by atoms with Crippen LogP contribution in [-0.4, -0.2) is 9.78 Å². The molecule has 3 nitrogen and oxygen atoms in total. The largest absolute Gasteiger partial charge is 0.268 e. The van der Waals surface area contributed by atoms with Crippen LogP contribution in [0.15, 0.2) is 23.1 Å². The lowest BCUT2D eigenvalue weighted by atomic mass is 10.2. The van der Waals surface area contributed by atoms with Crippen LogP contribution in [0.1, 0.15) is 31.7 Å². The zero-order chi connectivity index (χ0) is 8.39. The molecule has 1 aliphatic carbocycles. The van der Waals surface area contributed by atoms with Gasteiger partial charge in [0.15, 0.2) is 0 Å². The van der Waals surface area contributed by atoms with Crippen molar-refractivity contribution < 1.29 is 0 Å². The zero-order valence-corrected chi connectivity index (χ0v) is 6.94. The average molecular weight is 164 g/mol. The predicted octanol–water partition coefficient (Wildman–Crippen LogP) is 1.36. The molecule has 1 aromatic heterocycles. The molecule has 0 aromatic carbocycles. The maximum Gasteiger partial charge on any atom is 0.266 e. The third-order valence-electron chi connectivity index (χ3n) is 2.41. The molecule has 3 heteroatoms. The van der Waals surface area contributed by atoms with Crippen molar-refractivity contribution in [3.8, 4) is 0 Å². The van der Waals surface area contributed by atoms with E-state index in [1.807, 2.05) is 0 Å².